The van der Waals surface area contributed by atoms with Crippen molar-refractivity contribution in [1.29, 1.82) is 0 Å². The quantitative estimate of drug-likeness (QED) is 0.896. The van der Waals surface area contributed by atoms with Crippen molar-refractivity contribution in [2.45, 2.75) is 0 Å². The number of nitrogens with one attached hydrogen (secondary N) is 1. The van der Waals surface area contributed by atoms with Crippen molar-refractivity contribution >= 4 is 34.1 Å². The van der Waals surface area contributed by atoms with E-state index in [0.29, 0.717) is 15.9 Å². The lowest BCUT2D eigenvalue weighted by Crippen LogP contribution is -2.13. The Kier molecular flexibility index (Phi) is 3.27. The number of primary amides is 1. The van der Waals surface area contributed by atoms with Crippen molar-refractivity contribution in [3.05, 3.63) is 65.4 Å². The van der Waals surface area contributed by atoms with Gasteiger partial charge in [-0.2, -0.15) is 0 Å². The van der Waals surface area contributed by atoms with Gasteiger partial charge in [-0.15, -0.1) is 0 Å². The lowest BCUT2D eigenvalue weighted by Gasteiger charge is -2.09. The molecule has 21 heavy (non-hydrogen) atoms. The Hall–Kier alpha value is -2.53. The Bertz CT molecular complexity index is 833. The summed E-state index contributed by atoms with van der Waals surface area (Å²) in [6.07, 6.45) is 10.6. The second kappa shape index (κ2) is 5.10. The molecule has 0 aliphatic carbocycles. The zero-order valence-corrected chi connectivity index (χ0v) is 11.6. The van der Waals surface area contributed by atoms with Crippen LogP contribution in [0, 0.1) is 5.82 Å². The Morgan fingerprint density at radius 1 is 1.33 bits per heavy atom. The van der Waals surface area contributed by atoms with Gasteiger partial charge in [-0.1, -0.05) is 17.7 Å². The van der Waals surface area contributed by atoms with E-state index in [1.165, 1.54) is 6.07 Å². The van der Waals surface area contributed by atoms with Gasteiger partial charge in [0.25, 0.3) is 5.91 Å². The Morgan fingerprint density at radius 2 is 2.14 bits per heavy atom. The number of amides is 1. The third kappa shape index (κ3) is 2.32. The van der Waals surface area contributed by atoms with Gasteiger partial charge in [-0.05, 0) is 24.3 Å². The summed E-state index contributed by atoms with van der Waals surface area (Å²) >= 11 is 6.16. The molecule has 2 heterocycles. The van der Waals surface area contributed by atoms with Gasteiger partial charge in [0.15, 0.2) is 0 Å². The highest BCUT2D eigenvalue weighted by atomic mass is 35.5. The minimum absolute atomic E-state index is 0.0865. The number of carbonyl (C=O) groups is 1. The molecule has 0 saturated heterocycles. The maximum absolute atomic E-state index is 13.6. The third-order valence-electron chi connectivity index (χ3n) is 3.16. The molecule has 0 radical (unpaired) electrons. The van der Waals surface area contributed by atoms with E-state index in [4.69, 9.17) is 17.3 Å². The minimum atomic E-state index is -0.709. The molecular formula is C15H11ClFN3O. The van der Waals surface area contributed by atoms with Gasteiger partial charge in [-0.3, -0.25) is 4.79 Å². The van der Waals surface area contributed by atoms with Crippen molar-refractivity contribution in [3.8, 4) is 0 Å². The van der Waals surface area contributed by atoms with Crippen LogP contribution in [0.4, 0.5) is 4.39 Å². The first-order valence-corrected chi connectivity index (χ1v) is 6.55. The molecule has 0 bridgehead atoms. The Balaban J connectivity index is 2.34. The third-order valence-corrected chi connectivity index (χ3v) is 3.46. The minimum Gasteiger partial charge on any atom is -0.366 e. The largest absolute Gasteiger partial charge is 0.366 e. The van der Waals surface area contributed by atoms with Crippen LogP contribution < -0.4 is 11.1 Å². The van der Waals surface area contributed by atoms with E-state index in [0.717, 1.165) is 11.8 Å². The van der Waals surface area contributed by atoms with Crippen molar-refractivity contribution in [1.82, 2.24) is 9.88 Å². The van der Waals surface area contributed by atoms with Crippen molar-refractivity contribution < 1.29 is 9.18 Å². The fraction of sp³-hybridized carbons (Fsp3) is 0. The number of aromatic nitrogens is 1. The van der Waals surface area contributed by atoms with Crippen LogP contribution in [0.5, 0.6) is 0 Å². The number of hydrogen-bond donors (Lipinski definition) is 2. The van der Waals surface area contributed by atoms with Gasteiger partial charge in [0.1, 0.15) is 5.82 Å². The van der Waals surface area contributed by atoms with E-state index in [1.54, 1.807) is 23.2 Å². The summed E-state index contributed by atoms with van der Waals surface area (Å²) < 4.78 is 15.3. The number of carbonyl (C=O) groups excluding carboxylic acids is 1. The molecule has 1 aliphatic rings. The molecule has 1 aromatic heterocycles. The van der Waals surface area contributed by atoms with E-state index < -0.39 is 11.7 Å². The van der Waals surface area contributed by atoms with Gasteiger partial charge in [-0.25, -0.2) is 4.39 Å². The standard InChI is InChI=1S/C15H11ClFN3O/c16-13-8-20(10-3-1-2-4-19-7-10)14-11(13)5-9(17)6-12(14)15(18)21/h1-8,19H,(H2,18,21). The molecule has 106 valence electrons. The van der Waals surface area contributed by atoms with E-state index >= 15 is 0 Å². The topological polar surface area (TPSA) is 60.1 Å². The second-order valence-electron chi connectivity index (χ2n) is 4.51. The highest BCUT2D eigenvalue weighted by Crippen LogP contribution is 2.32. The monoisotopic (exact) mass is 303 g/mol. The van der Waals surface area contributed by atoms with Gasteiger partial charge in [0, 0.05) is 24.0 Å². The number of nitrogens with two attached hydrogens (primary N) is 1. The van der Waals surface area contributed by atoms with Crippen molar-refractivity contribution in [2.24, 2.45) is 5.73 Å². The van der Waals surface area contributed by atoms with Crippen LogP contribution in [0.3, 0.4) is 0 Å². The zero-order valence-electron chi connectivity index (χ0n) is 10.8. The molecule has 1 aliphatic heterocycles. The van der Waals surface area contributed by atoms with Crippen LogP contribution in [0.2, 0.25) is 5.02 Å². The molecule has 4 nitrogen and oxygen atoms in total. The van der Waals surface area contributed by atoms with Crippen LogP contribution in [-0.2, 0) is 0 Å². The van der Waals surface area contributed by atoms with Crippen LogP contribution in [-0.4, -0.2) is 10.5 Å². The SMILES string of the molecule is NC(=O)c1cc(F)cc2c(Cl)cn(C3=CNC=CC=C3)c12. The molecule has 0 atom stereocenters. The lowest BCUT2D eigenvalue weighted by atomic mass is 10.1. The van der Waals surface area contributed by atoms with E-state index in [1.807, 2.05) is 18.2 Å². The Labute approximate surface area is 125 Å². The average Bonchev–Trinajstić information content (AvgIpc) is 2.66. The number of allylic oxidation sites excluding steroid dienone is 4. The number of halogens is 2. The molecule has 1 aromatic carbocycles. The van der Waals surface area contributed by atoms with Crippen molar-refractivity contribution in [2.75, 3.05) is 0 Å². The molecule has 0 unspecified atom stereocenters. The van der Waals surface area contributed by atoms with Crippen LogP contribution in [0.25, 0.3) is 16.6 Å². The number of fused-ring (bicyclic) bond motifs is 1. The summed E-state index contributed by atoms with van der Waals surface area (Å²) in [6.45, 7) is 0. The fourth-order valence-corrected chi connectivity index (χ4v) is 2.52. The first kappa shape index (κ1) is 13.5. The summed E-state index contributed by atoms with van der Waals surface area (Å²) in [6, 6.07) is 2.40. The number of benzene rings is 1. The van der Waals surface area contributed by atoms with E-state index in [2.05, 4.69) is 5.32 Å². The summed E-state index contributed by atoms with van der Waals surface area (Å²) in [5.41, 5.74) is 6.67. The van der Waals surface area contributed by atoms with Crippen molar-refractivity contribution in [3.63, 3.8) is 0 Å². The molecule has 2 aromatic rings. The highest BCUT2D eigenvalue weighted by molar-refractivity contribution is 6.36. The van der Waals surface area contributed by atoms with Crippen LogP contribution in [0.15, 0.2) is 49.0 Å². The summed E-state index contributed by atoms with van der Waals surface area (Å²) in [4.78, 5) is 11.6. The number of nitrogens with zero attached hydrogens (tertiary/aromatic N) is 1. The molecule has 0 spiro atoms. The molecule has 0 saturated carbocycles. The first-order valence-electron chi connectivity index (χ1n) is 6.17. The molecule has 3 rings (SSSR count). The number of hydrogen-bond acceptors (Lipinski definition) is 2. The van der Waals surface area contributed by atoms with Gasteiger partial charge < -0.3 is 15.6 Å². The zero-order chi connectivity index (χ0) is 15.0. The molecule has 3 N–H and O–H groups in total. The molecular weight excluding hydrogens is 293 g/mol. The molecule has 1 amide bonds. The Morgan fingerprint density at radius 3 is 2.90 bits per heavy atom. The van der Waals surface area contributed by atoms with Gasteiger partial charge >= 0.3 is 0 Å². The first-order chi connectivity index (χ1) is 10.1. The predicted molar refractivity (Wildman–Crippen MR) is 81.1 cm³/mol. The molecule has 0 fully saturated rings. The predicted octanol–water partition coefficient (Wildman–Crippen LogP) is 3.00. The maximum atomic E-state index is 13.6. The normalized spacial score (nSPS) is 13.9. The molecule has 6 heteroatoms. The second-order valence-corrected chi connectivity index (χ2v) is 4.92. The highest BCUT2D eigenvalue weighted by Gasteiger charge is 2.17. The fourth-order valence-electron chi connectivity index (χ4n) is 2.28. The van der Waals surface area contributed by atoms with E-state index in [9.17, 15) is 9.18 Å². The average molecular weight is 304 g/mol. The van der Waals surface area contributed by atoms with E-state index in [-0.39, 0.29) is 5.56 Å². The summed E-state index contributed by atoms with van der Waals surface area (Å²) in [7, 11) is 0. The van der Waals surface area contributed by atoms with Gasteiger partial charge in [0.05, 0.1) is 21.8 Å². The summed E-state index contributed by atoms with van der Waals surface area (Å²) in [5.74, 6) is -1.26. The maximum Gasteiger partial charge on any atom is 0.250 e. The lowest BCUT2D eigenvalue weighted by molar-refractivity contribution is 0.100. The van der Waals surface area contributed by atoms with Crippen LogP contribution in [0.1, 0.15) is 10.4 Å². The van der Waals surface area contributed by atoms with Gasteiger partial charge in [0.2, 0.25) is 0 Å². The van der Waals surface area contributed by atoms with Crippen LogP contribution >= 0.6 is 11.6 Å². The number of rotatable bonds is 2. The summed E-state index contributed by atoms with van der Waals surface area (Å²) in [5, 5.41) is 3.76. The smallest absolute Gasteiger partial charge is 0.250 e.